The first-order chi connectivity index (χ1) is 13.9. The summed E-state index contributed by atoms with van der Waals surface area (Å²) in [5, 5.41) is 14.4. The minimum Gasteiger partial charge on any atom is -0.508 e. The molecule has 3 heterocycles. The van der Waals surface area contributed by atoms with Gasteiger partial charge in [-0.05, 0) is 30.7 Å². The summed E-state index contributed by atoms with van der Waals surface area (Å²) in [5.41, 5.74) is 16.8. The van der Waals surface area contributed by atoms with Crippen LogP contribution in [0.15, 0.2) is 43.0 Å². The molecule has 0 aliphatic heterocycles. The Balaban J connectivity index is 1.69. The van der Waals surface area contributed by atoms with Crippen molar-refractivity contribution in [3.05, 3.63) is 59.9 Å². The third kappa shape index (κ3) is 3.84. The molecular formula is C20H20N8O. The molecule has 4 rings (SSSR count). The van der Waals surface area contributed by atoms with Gasteiger partial charge in [0.2, 0.25) is 0 Å². The Labute approximate surface area is 167 Å². The second-order valence-corrected chi connectivity index (χ2v) is 6.78. The SMILES string of the molecule is Cc1nc(-c2cc(O)cc(Cc3nc(-c4cnn(C)c4)cnc3N)c2)cnc1N. The molecule has 0 aliphatic carbocycles. The number of hydrogen-bond donors (Lipinski definition) is 3. The van der Waals surface area contributed by atoms with E-state index in [4.69, 9.17) is 11.5 Å². The van der Waals surface area contributed by atoms with Crippen molar-refractivity contribution in [1.82, 2.24) is 29.7 Å². The van der Waals surface area contributed by atoms with E-state index in [-0.39, 0.29) is 5.75 Å². The Morgan fingerprint density at radius 1 is 0.931 bits per heavy atom. The lowest BCUT2D eigenvalue weighted by molar-refractivity contribution is 0.475. The molecule has 1 aromatic carbocycles. The molecule has 5 N–H and O–H groups in total. The van der Waals surface area contributed by atoms with E-state index in [0.717, 1.165) is 16.7 Å². The molecule has 0 saturated carbocycles. The number of hydrogen-bond acceptors (Lipinski definition) is 8. The number of aromatic nitrogens is 6. The minimum atomic E-state index is 0.115. The molecule has 9 nitrogen and oxygen atoms in total. The first kappa shape index (κ1) is 18.4. The van der Waals surface area contributed by atoms with Gasteiger partial charge in [0.15, 0.2) is 0 Å². The molecule has 0 aliphatic rings. The van der Waals surface area contributed by atoms with Gasteiger partial charge >= 0.3 is 0 Å². The second-order valence-electron chi connectivity index (χ2n) is 6.78. The Morgan fingerprint density at radius 3 is 2.34 bits per heavy atom. The van der Waals surface area contributed by atoms with E-state index in [1.807, 2.05) is 19.3 Å². The van der Waals surface area contributed by atoms with Crippen LogP contribution in [0.25, 0.3) is 22.5 Å². The van der Waals surface area contributed by atoms with Gasteiger partial charge in [0.25, 0.3) is 0 Å². The van der Waals surface area contributed by atoms with Gasteiger partial charge < -0.3 is 16.6 Å². The van der Waals surface area contributed by atoms with Crippen LogP contribution in [-0.2, 0) is 13.5 Å². The van der Waals surface area contributed by atoms with Crippen molar-refractivity contribution in [2.45, 2.75) is 13.3 Å². The number of nitrogens with zero attached hydrogens (tertiary/aromatic N) is 6. The highest BCUT2D eigenvalue weighted by molar-refractivity contribution is 5.63. The van der Waals surface area contributed by atoms with Crippen LogP contribution < -0.4 is 11.5 Å². The van der Waals surface area contributed by atoms with Gasteiger partial charge in [-0.15, -0.1) is 0 Å². The summed E-state index contributed by atoms with van der Waals surface area (Å²) in [7, 11) is 1.84. The van der Waals surface area contributed by atoms with E-state index in [9.17, 15) is 5.11 Å². The lowest BCUT2D eigenvalue weighted by atomic mass is 10.0. The number of benzene rings is 1. The fourth-order valence-electron chi connectivity index (χ4n) is 3.01. The normalized spacial score (nSPS) is 11.0. The molecule has 9 heteroatoms. The molecule has 0 atom stereocenters. The van der Waals surface area contributed by atoms with E-state index < -0.39 is 0 Å². The molecule has 0 saturated heterocycles. The maximum atomic E-state index is 10.2. The van der Waals surface area contributed by atoms with Crippen LogP contribution in [0.1, 0.15) is 17.0 Å². The zero-order valence-electron chi connectivity index (χ0n) is 16.0. The average Bonchev–Trinajstić information content (AvgIpc) is 3.11. The molecule has 0 fully saturated rings. The second kappa shape index (κ2) is 7.19. The highest BCUT2D eigenvalue weighted by Crippen LogP contribution is 2.27. The predicted octanol–water partition coefficient (Wildman–Crippen LogP) is 2.10. The number of phenols is 1. The number of rotatable bonds is 4. The Hall–Kier alpha value is -4.01. The van der Waals surface area contributed by atoms with Gasteiger partial charge in [-0.2, -0.15) is 5.10 Å². The van der Waals surface area contributed by atoms with Gasteiger partial charge in [-0.25, -0.2) is 19.9 Å². The predicted molar refractivity (Wildman–Crippen MR) is 110 cm³/mol. The summed E-state index contributed by atoms with van der Waals surface area (Å²) < 4.78 is 1.70. The number of aromatic hydroxyl groups is 1. The zero-order chi connectivity index (χ0) is 20.5. The van der Waals surface area contributed by atoms with Crippen LogP contribution in [0.2, 0.25) is 0 Å². The molecule has 0 amide bonds. The van der Waals surface area contributed by atoms with Gasteiger partial charge in [0, 0.05) is 30.8 Å². The zero-order valence-corrected chi connectivity index (χ0v) is 16.0. The first-order valence-corrected chi connectivity index (χ1v) is 8.92. The van der Waals surface area contributed by atoms with Crippen LogP contribution in [0.5, 0.6) is 5.75 Å². The lowest BCUT2D eigenvalue weighted by Crippen LogP contribution is -2.03. The summed E-state index contributed by atoms with van der Waals surface area (Å²) in [4.78, 5) is 17.5. The van der Waals surface area contributed by atoms with E-state index in [1.165, 1.54) is 0 Å². The van der Waals surface area contributed by atoms with E-state index >= 15 is 0 Å². The van der Waals surface area contributed by atoms with Crippen LogP contribution in [0, 0.1) is 6.92 Å². The summed E-state index contributed by atoms with van der Waals surface area (Å²) in [6.07, 6.45) is 7.18. The summed E-state index contributed by atoms with van der Waals surface area (Å²) in [6.45, 7) is 1.79. The fraction of sp³-hybridized carbons (Fsp3) is 0.150. The molecule has 0 radical (unpaired) electrons. The Kier molecular flexibility index (Phi) is 4.55. The van der Waals surface area contributed by atoms with Crippen molar-refractivity contribution in [2.24, 2.45) is 7.05 Å². The molecule has 146 valence electrons. The maximum Gasteiger partial charge on any atom is 0.145 e. The maximum absolute atomic E-state index is 10.2. The minimum absolute atomic E-state index is 0.115. The van der Waals surface area contributed by atoms with Gasteiger partial charge in [0.05, 0.1) is 41.4 Å². The topological polar surface area (TPSA) is 142 Å². The van der Waals surface area contributed by atoms with Crippen molar-refractivity contribution in [2.75, 3.05) is 11.5 Å². The van der Waals surface area contributed by atoms with Gasteiger partial charge in [-0.3, -0.25) is 4.68 Å². The van der Waals surface area contributed by atoms with Crippen molar-refractivity contribution < 1.29 is 5.11 Å². The van der Waals surface area contributed by atoms with Gasteiger partial charge in [-0.1, -0.05) is 0 Å². The van der Waals surface area contributed by atoms with Crippen LogP contribution in [0.3, 0.4) is 0 Å². The molecule has 0 bridgehead atoms. The highest BCUT2D eigenvalue weighted by atomic mass is 16.3. The van der Waals surface area contributed by atoms with Crippen LogP contribution >= 0.6 is 0 Å². The quantitative estimate of drug-likeness (QED) is 0.482. The van der Waals surface area contributed by atoms with E-state index in [1.54, 1.807) is 42.3 Å². The smallest absolute Gasteiger partial charge is 0.145 e. The number of aryl methyl sites for hydroxylation is 2. The molecular weight excluding hydrogens is 368 g/mol. The van der Waals surface area contributed by atoms with Crippen molar-refractivity contribution in [3.8, 4) is 28.3 Å². The standard InChI is InChI=1S/C20H20N8O/c1-11-19(21)23-8-17(26-11)13-3-12(4-15(29)6-13)5-16-20(22)24-9-18(27-16)14-7-25-28(2)10-14/h3-4,6-10,29H,5H2,1-2H3,(H2,21,23)(H2,22,24). The Bertz CT molecular complexity index is 1200. The summed E-state index contributed by atoms with van der Waals surface area (Å²) in [6, 6.07) is 5.21. The number of anilines is 2. The Morgan fingerprint density at radius 2 is 1.66 bits per heavy atom. The monoisotopic (exact) mass is 388 g/mol. The summed E-state index contributed by atoms with van der Waals surface area (Å²) in [5.74, 6) is 0.832. The van der Waals surface area contributed by atoms with Crippen molar-refractivity contribution in [3.63, 3.8) is 0 Å². The van der Waals surface area contributed by atoms with Crippen LogP contribution in [-0.4, -0.2) is 34.8 Å². The first-order valence-electron chi connectivity index (χ1n) is 8.92. The van der Waals surface area contributed by atoms with Crippen LogP contribution in [0.4, 0.5) is 11.6 Å². The number of phenolic OH excluding ortho intramolecular Hbond substituents is 1. The molecule has 4 aromatic rings. The van der Waals surface area contributed by atoms with Crippen molar-refractivity contribution >= 4 is 11.6 Å². The molecule has 29 heavy (non-hydrogen) atoms. The summed E-state index contributed by atoms with van der Waals surface area (Å²) >= 11 is 0. The molecule has 3 aromatic heterocycles. The van der Waals surface area contributed by atoms with E-state index in [2.05, 4.69) is 25.0 Å². The highest BCUT2D eigenvalue weighted by Gasteiger charge is 2.12. The molecule has 0 unspecified atom stereocenters. The number of nitrogen functional groups attached to an aromatic ring is 2. The van der Waals surface area contributed by atoms with E-state index in [0.29, 0.717) is 40.8 Å². The third-order valence-corrected chi connectivity index (χ3v) is 4.51. The van der Waals surface area contributed by atoms with Crippen molar-refractivity contribution in [1.29, 1.82) is 0 Å². The largest absolute Gasteiger partial charge is 0.508 e. The average molecular weight is 388 g/mol. The third-order valence-electron chi connectivity index (χ3n) is 4.51. The fourth-order valence-corrected chi connectivity index (χ4v) is 3.01. The number of nitrogens with two attached hydrogens (primary N) is 2. The molecule has 0 spiro atoms. The van der Waals surface area contributed by atoms with Gasteiger partial charge in [0.1, 0.15) is 17.4 Å². The lowest BCUT2D eigenvalue weighted by Gasteiger charge is -2.10.